The van der Waals surface area contributed by atoms with Crippen molar-refractivity contribution in [3.8, 4) is 6.07 Å². The van der Waals surface area contributed by atoms with E-state index >= 15 is 0 Å². The standard InChI is InChI=1S/C15H12FN5/c1-10(15-20-19-14-4-2-3-7-21(14)15)18-13-6-5-12(16)8-11(13)9-17/h2-8,10,18H,1H3. The van der Waals surface area contributed by atoms with Crippen LogP contribution >= 0.6 is 0 Å². The summed E-state index contributed by atoms with van der Waals surface area (Å²) in [5, 5.41) is 20.5. The number of pyridine rings is 1. The van der Waals surface area contributed by atoms with Crippen LogP contribution in [0.1, 0.15) is 24.4 Å². The smallest absolute Gasteiger partial charge is 0.160 e. The van der Waals surface area contributed by atoms with E-state index in [0.29, 0.717) is 5.69 Å². The molecule has 2 aromatic heterocycles. The fraction of sp³-hybridized carbons (Fsp3) is 0.133. The molecule has 3 aromatic rings. The Morgan fingerprint density at radius 1 is 1.29 bits per heavy atom. The summed E-state index contributed by atoms with van der Waals surface area (Å²) in [6.07, 6.45) is 1.87. The fourth-order valence-corrected chi connectivity index (χ4v) is 2.19. The van der Waals surface area contributed by atoms with E-state index in [2.05, 4.69) is 15.5 Å². The van der Waals surface area contributed by atoms with Crippen molar-refractivity contribution in [1.82, 2.24) is 14.6 Å². The van der Waals surface area contributed by atoms with Gasteiger partial charge in [0.1, 0.15) is 11.9 Å². The Bertz CT molecular complexity index is 833. The first kappa shape index (κ1) is 13.1. The molecule has 0 saturated heterocycles. The molecule has 0 bridgehead atoms. The van der Waals surface area contributed by atoms with Crippen molar-refractivity contribution in [2.45, 2.75) is 13.0 Å². The Kier molecular flexibility index (Phi) is 3.24. The average Bonchev–Trinajstić information content (AvgIpc) is 2.93. The van der Waals surface area contributed by atoms with Crippen LogP contribution in [-0.4, -0.2) is 14.6 Å². The van der Waals surface area contributed by atoms with Gasteiger partial charge < -0.3 is 5.32 Å². The maximum atomic E-state index is 13.1. The number of hydrogen-bond acceptors (Lipinski definition) is 4. The van der Waals surface area contributed by atoms with E-state index < -0.39 is 5.82 Å². The summed E-state index contributed by atoms with van der Waals surface area (Å²) in [7, 11) is 0. The van der Waals surface area contributed by atoms with Crippen LogP contribution in [0.4, 0.5) is 10.1 Å². The third kappa shape index (κ3) is 2.41. The van der Waals surface area contributed by atoms with Gasteiger partial charge in [-0.25, -0.2) is 4.39 Å². The van der Waals surface area contributed by atoms with Crippen LogP contribution in [0.15, 0.2) is 42.6 Å². The van der Waals surface area contributed by atoms with Crippen LogP contribution in [0.3, 0.4) is 0 Å². The van der Waals surface area contributed by atoms with Crippen molar-refractivity contribution >= 4 is 11.3 Å². The minimum atomic E-state index is -0.433. The van der Waals surface area contributed by atoms with Crippen molar-refractivity contribution in [2.24, 2.45) is 0 Å². The van der Waals surface area contributed by atoms with Crippen molar-refractivity contribution in [2.75, 3.05) is 5.32 Å². The molecule has 0 spiro atoms. The summed E-state index contributed by atoms with van der Waals surface area (Å²) < 4.78 is 15.0. The molecule has 0 radical (unpaired) electrons. The molecule has 0 aliphatic heterocycles. The summed E-state index contributed by atoms with van der Waals surface area (Å²) in [5.41, 5.74) is 1.58. The maximum absolute atomic E-state index is 13.1. The van der Waals surface area contributed by atoms with Gasteiger partial charge >= 0.3 is 0 Å². The molecule has 1 unspecified atom stereocenters. The lowest BCUT2D eigenvalue weighted by molar-refractivity contribution is 0.627. The predicted molar refractivity (Wildman–Crippen MR) is 76.1 cm³/mol. The maximum Gasteiger partial charge on any atom is 0.160 e. The van der Waals surface area contributed by atoms with Crippen molar-refractivity contribution in [3.05, 3.63) is 59.8 Å². The van der Waals surface area contributed by atoms with Gasteiger partial charge in [-0.2, -0.15) is 5.26 Å². The van der Waals surface area contributed by atoms with E-state index in [1.54, 1.807) is 6.07 Å². The van der Waals surface area contributed by atoms with Crippen LogP contribution < -0.4 is 5.32 Å². The molecular weight excluding hydrogens is 269 g/mol. The second kappa shape index (κ2) is 5.21. The largest absolute Gasteiger partial charge is 0.374 e. The number of nitrogens with zero attached hydrogens (tertiary/aromatic N) is 4. The first-order valence-corrected chi connectivity index (χ1v) is 6.45. The van der Waals surface area contributed by atoms with Gasteiger partial charge in [-0.1, -0.05) is 6.07 Å². The van der Waals surface area contributed by atoms with E-state index in [0.717, 1.165) is 11.5 Å². The Morgan fingerprint density at radius 2 is 2.14 bits per heavy atom. The fourth-order valence-electron chi connectivity index (χ4n) is 2.19. The molecule has 1 aromatic carbocycles. The first-order valence-electron chi connectivity index (χ1n) is 6.45. The van der Waals surface area contributed by atoms with Crippen LogP contribution in [0.2, 0.25) is 0 Å². The lowest BCUT2D eigenvalue weighted by Crippen LogP contribution is -2.11. The molecule has 5 nitrogen and oxygen atoms in total. The molecule has 1 atom stereocenters. The van der Waals surface area contributed by atoms with E-state index in [9.17, 15) is 4.39 Å². The normalized spacial score (nSPS) is 12.0. The molecule has 21 heavy (non-hydrogen) atoms. The molecule has 3 rings (SSSR count). The summed E-state index contributed by atoms with van der Waals surface area (Å²) in [6, 6.07) is 11.5. The molecule has 104 valence electrons. The number of hydrogen-bond donors (Lipinski definition) is 1. The summed E-state index contributed by atoms with van der Waals surface area (Å²) >= 11 is 0. The molecule has 2 heterocycles. The number of nitriles is 1. The van der Waals surface area contributed by atoms with Crippen LogP contribution in [0, 0.1) is 17.1 Å². The van der Waals surface area contributed by atoms with Gasteiger partial charge in [-0.15, -0.1) is 10.2 Å². The lowest BCUT2D eigenvalue weighted by atomic mass is 10.1. The van der Waals surface area contributed by atoms with Gasteiger partial charge in [0, 0.05) is 6.20 Å². The SMILES string of the molecule is CC(Nc1ccc(F)cc1C#N)c1nnc2ccccn12. The molecule has 6 heteroatoms. The second-order valence-corrected chi connectivity index (χ2v) is 4.65. The highest BCUT2D eigenvalue weighted by atomic mass is 19.1. The minimum Gasteiger partial charge on any atom is -0.374 e. The zero-order chi connectivity index (χ0) is 14.8. The van der Waals surface area contributed by atoms with Crippen molar-refractivity contribution < 1.29 is 4.39 Å². The monoisotopic (exact) mass is 281 g/mol. The van der Waals surface area contributed by atoms with Gasteiger partial charge in [0.05, 0.1) is 17.3 Å². The Hall–Kier alpha value is -2.94. The highest BCUT2D eigenvalue weighted by Gasteiger charge is 2.14. The minimum absolute atomic E-state index is 0.181. The Balaban J connectivity index is 1.94. The van der Waals surface area contributed by atoms with Gasteiger partial charge in [0.25, 0.3) is 0 Å². The van der Waals surface area contributed by atoms with Crippen molar-refractivity contribution in [3.63, 3.8) is 0 Å². The predicted octanol–water partition coefficient (Wildman–Crippen LogP) is 2.91. The topological polar surface area (TPSA) is 66.0 Å². The van der Waals surface area contributed by atoms with Crippen LogP contribution in [-0.2, 0) is 0 Å². The number of rotatable bonds is 3. The van der Waals surface area contributed by atoms with Gasteiger partial charge in [0.2, 0.25) is 0 Å². The van der Waals surface area contributed by atoms with E-state index in [4.69, 9.17) is 5.26 Å². The second-order valence-electron chi connectivity index (χ2n) is 4.65. The molecule has 0 aliphatic rings. The molecule has 0 fully saturated rings. The number of halogens is 1. The van der Waals surface area contributed by atoms with Gasteiger partial charge in [0.15, 0.2) is 11.5 Å². The zero-order valence-electron chi connectivity index (χ0n) is 11.3. The lowest BCUT2D eigenvalue weighted by Gasteiger charge is -2.14. The summed E-state index contributed by atoms with van der Waals surface area (Å²) in [4.78, 5) is 0. The van der Waals surface area contributed by atoms with Crippen molar-refractivity contribution in [1.29, 1.82) is 5.26 Å². The third-order valence-corrected chi connectivity index (χ3v) is 3.20. The molecule has 1 N–H and O–H groups in total. The number of aromatic nitrogens is 3. The Morgan fingerprint density at radius 3 is 2.95 bits per heavy atom. The van der Waals surface area contributed by atoms with Crippen LogP contribution in [0.25, 0.3) is 5.65 Å². The molecule has 0 aliphatic carbocycles. The highest BCUT2D eigenvalue weighted by molar-refractivity contribution is 5.58. The van der Waals surface area contributed by atoms with Gasteiger partial charge in [-0.05, 0) is 37.3 Å². The highest BCUT2D eigenvalue weighted by Crippen LogP contribution is 2.22. The zero-order valence-corrected chi connectivity index (χ0v) is 11.3. The van der Waals surface area contributed by atoms with E-state index in [1.165, 1.54) is 12.1 Å². The van der Waals surface area contributed by atoms with Crippen LogP contribution in [0.5, 0.6) is 0 Å². The first-order chi connectivity index (χ1) is 10.2. The quantitative estimate of drug-likeness (QED) is 0.801. The number of anilines is 1. The third-order valence-electron chi connectivity index (χ3n) is 3.20. The number of fused-ring (bicyclic) bond motifs is 1. The van der Waals surface area contributed by atoms with E-state index in [-0.39, 0.29) is 11.6 Å². The van der Waals surface area contributed by atoms with Gasteiger partial charge in [-0.3, -0.25) is 4.40 Å². The van der Waals surface area contributed by atoms with E-state index in [1.807, 2.05) is 41.8 Å². The number of nitrogens with one attached hydrogen (secondary N) is 1. The molecular formula is C15H12FN5. The molecule has 0 saturated carbocycles. The number of benzene rings is 1. The average molecular weight is 281 g/mol. The summed E-state index contributed by atoms with van der Waals surface area (Å²) in [6.45, 7) is 1.91. The molecule has 0 amide bonds. The summed E-state index contributed by atoms with van der Waals surface area (Å²) in [5.74, 6) is 0.288. The Labute approximate surface area is 120 Å².